The Morgan fingerprint density at radius 2 is 2.36 bits per heavy atom. The first-order chi connectivity index (χ1) is 10.5. The van der Waals surface area contributed by atoms with Crippen LogP contribution in [0.25, 0.3) is 0 Å². The number of hydrogen-bond donors (Lipinski definition) is 0. The van der Waals surface area contributed by atoms with Crippen molar-refractivity contribution >= 4 is 17.9 Å². The van der Waals surface area contributed by atoms with Crippen molar-refractivity contribution in [3.63, 3.8) is 0 Å². The Morgan fingerprint density at radius 3 is 3.00 bits per heavy atom. The molecule has 22 heavy (non-hydrogen) atoms. The smallest absolute Gasteiger partial charge is 0.222 e. The largest absolute Gasteiger partial charge is 0.489 e. The number of aldehydes is 1. The molecule has 0 radical (unpaired) electrons. The summed E-state index contributed by atoms with van der Waals surface area (Å²) in [6.45, 7) is 2.04. The minimum Gasteiger partial charge on any atom is -0.489 e. The predicted molar refractivity (Wildman–Crippen MR) is 79.5 cm³/mol. The fraction of sp³-hybridized carbons (Fsp3) is 0.312. The van der Waals surface area contributed by atoms with Gasteiger partial charge in [-0.3, -0.25) is 0 Å². The monoisotopic (exact) mass is 320 g/mol. The molecule has 2 aromatic rings. The van der Waals surface area contributed by atoms with Crippen LogP contribution >= 0.6 is 11.6 Å². The molecule has 0 aliphatic heterocycles. The molecule has 2 atom stereocenters. The number of carbonyl (C=O) groups is 1. The third kappa shape index (κ3) is 2.68. The number of halogens is 2. The number of benzene rings is 1. The second-order valence-electron chi connectivity index (χ2n) is 5.49. The summed E-state index contributed by atoms with van der Waals surface area (Å²) in [5, 5.41) is 0.155. The molecule has 0 spiro atoms. The second kappa shape index (κ2) is 5.65. The zero-order chi connectivity index (χ0) is 15.7. The number of ether oxygens (including phenoxy) is 1. The van der Waals surface area contributed by atoms with E-state index in [-0.39, 0.29) is 23.6 Å². The summed E-state index contributed by atoms with van der Waals surface area (Å²) in [5.74, 6) is 0.0268. The Kier molecular flexibility index (Phi) is 3.83. The molecule has 0 amide bonds. The van der Waals surface area contributed by atoms with Gasteiger partial charge in [0.1, 0.15) is 12.1 Å². The van der Waals surface area contributed by atoms with Gasteiger partial charge in [0.2, 0.25) is 5.28 Å². The fourth-order valence-electron chi connectivity index (χ4n) is 2.67. The van der Waals surface area contributed by atoms with Crippen LogP contribution in [0, 0.1) is 18.7 Å². The van der Waals surface area contributed by atoms with Crippen molar-refractivity contribution in [3.05, 3.63) is 52.8 Å². The van der Waals surface area contributed by atoms with Crippen molar-refractivity contribution < 1.29 is 13.9 Å². The van der Waals surface area contributed by atoms with Gasteiger partial charge in [-0.2, -0.15) is 0 Å². The molecule has 0 bridgehead atoms. The first-order valence-electron chi connectivity index (χ1n) is 6.88. The van der Waals surface area contributed by atoms with E-state index < -0.39 is 5.41 Å². The third-order valence-corrected chi connectivity index (χ3v) is 4.27. The molecule has 0 N–H and O–H groups in total. The second-order valence-corrected chi connectivity index (χ2v) is 5.83. The van der Waals surface area contributed by atoms with Gasteiger partial charge in [0.25, 0.3) is 0 Å². The maximum absolute atomic E-state index is 13.5. The number of nitrogens with zero attached hydrogens (tertiary/aromatic N) is 2. The van der Waals surface area contributed by atoms with E-state index >= 15 is 0 Å². The average molecular weight is 321 g/mol. The van der Waals surface area contributed by atoms with Crippen molar-refractivity contribution in [1.82, 2.24) is 9.97 Å². The molecule has 1 saturated carbocycles. The first-order valence-corrected chi connectivity index (χ1v) is 7.26. The molecule has 1 aromatic heterocycles. The van der Waals surface area contributed by atoms with E-state index in [4.69, 9.17) is 16.3 Å². The van der Waals surface area contributed by atoms with Crippen molar-refractivity contribution in [2.45, 2.75) is 18.8 Å². The van der Waals surface area contributed by atoms with E-state index in [9.17, 15) is 9.18 Å². The Hall–Kier alpha value is -2.01. The van der Waals surface area contributed by atoms with E-state index in [1.54, 1.807) is 13.0 Å². The average Bonchev–Trinajstić information content (AvgIpc) is 3.21. The number of aryl methyl sites for hydroxylation is 1. The van der Waals surface area contributed by atoms with Crippen LogP contribution in [0.4, 0.5) is 4.39 Å². The lowest BCUT2D eigenvalue weighted by atomic mass is 9.94. The van der Waals surface area contributed by atoms with Crippen LogP contribution in [0.2, 0.25) is 5.28 Å². The van der Waals surface area contributed by atoms with Crippen molar-refractivity contribution in [2.24, 2.45) is 5.92 Å². The maximum atomic E-state index is 13.5. The molecule has 1 heterocycles. The highest BCUT2D eigenvalue weighted by Crippen LogP contribution is 2.53. The van der Waals surface area contributed by atoms with Crippen LogP contribution in [0.3, 0.4) is 0 Å². The Bertz CT molecular complexity index is 725. The van der Waals surface area contributed by atoms with Crippen LogP contribution < -0.4 is 4.74 Å². The van der Waals surface area contributed by atoms with Gasteiger partial charge in [0, 0.05) is 11.3 Å². The van der Waals surface area contributed by atoms with Crippen molar-refractivity contribution in [3.8, 4) is 5.75 Å². The molecular formula is C16H14ClFN2O2. The molecule has 6 heteroatoms. The van der Waals surface area contributed by atoms with E-state index in [0.717, 1.165) is 11.8 Å². The van der Waals surface area contributed by atoms with Crippen LogP contribution in [-0.4, -0.2) is 22.9 Å². The van der Waals surface area contributed by atoms with E-state index in [2.05, 4.69) is 9.97 Å². The van der Waals surface area contributed by atoms with Crippen molar-refractivity contribution in [2.75, 3.05) is 6.61 Å². The van der Waals surface area contributed by atoms with E-state index in [1.807, 2.05) is 6.07 Å². The van der Waals surface area contributed by atoms with Crippen LogP contribution in [-0.2, 0) is 10.2 Å². The van der Waals surface area contributed by atoms with Gasteiger partial charge in [-0.25, -0.2) is 14.4 Å². The minimum absolute atomic E-state index is 0.155. The van der Waals surface area contributed by atoms with Crippen LogP contribution in [0.15, 0.2) is 30.5 Å². The normalized spacial score (nSPS) is 23.1. The van der Waals surface area contributed by atoms with Gasteiger partial charge in [-0.05, 0) is 42.6 Å². The standard InChI is InChI=1S/C16H14ClFN2O2/c1-10-14(7-19-15(17)20-10)22-9-16(6-12(16)8-21)11-3-2-4-13(18)5-11/h2-5,7-8,12H,6,9H2,1H3/t12-,16+/m0/s1. The van der Waals surface area contributed by atoms with Gasteiger partial charge < -0.3 is 9.53 Å². The van der Waals surface area contributed by atoms with Gasteiger partial charge >= 0.3 is 0 Å². The molecule has 0 saturated heterocycles. The number of carbonyl (C=O) groups excluding carboxylic acids is 1. The third-order valence-electron chi connectivity index (χ3n) is 4.09. The zero-order valence-corrected chi connectivity index (χ0v) is 12.7. The summed E-state index contributed by atoms with van der Waals surface area (Å²) in [6.07, 6.45) is 3.05. The maximum Gasteiger partial charge on any atom is 0.222 e. The Labute approximate surface area is 132 Å². The Balaban J connectivity index is 1.83. The summed E-state index contributed by atoms with van der Waals surface area (Å²) in [5.41, 5.74) is 0.922. The Morgan fingerprint density at radius 1 is 1.55 bits per heavy atom. The van der Waals surface area contributed by atoms with Gasteiger partial charge in [-0.15, -0.1) is 0 Å². The fourth-order valence-corrected chi connectivity index (χ4v) is 2.84. The number of rotatable bonds is 5. The molecule has 4 nitrogen and oxygen atoms in total. The molecule has 1 aliphatic rings. The highest BCUT2D eigenvalue weighted by molar-refractivity contribution is 6.28. The molecule has 1 fully saturated rings. The quantitative estimate of drug-likeness (QED) is 0.627. The molecular weight excluding hydrogens is 307 g/mol. The summed E-state index contributed by atoms with van der Waals surface area (Å²) in [6, 6.07) is 6.30. The topological polar surface area (TPSA) is 52.1 Å². The first kappa shape index (κ1) is 14.9. The summed E-state index contributed by atoms with van der Waals surface area (Å²) in [7, 11) is 0. The molecule has 0 unspecified atom stereocenters. The molecule has 114 valence electrons. The zero-order valence-electron chi connectivity index (χ0n) is 11.9. The number of hydrogen-bond acceptors (Lipinski definition) is 4. The van der Waals surface area contributed by atoms with E-state index in [0.29, 0.717) is 17.9 Å². The van der Waals surface area contributed by atoms with Crippen LogP contribution in [0.1, 0.15) is 17.7 Å². The van der Waals surface area contributed by atoms with Gasteiger partial charge in [-0.1, -0.05) is 12.1 Å². The van der Waals surface area contributed by atoms with Gasteiger partial charge in [0.05, 0.1) is 18.5 Å². The highest BCUT2D eigenvalue weighted by atomic mass is 35.5. The van der Waals surface area contributed by atoms with Crippen LogP contribution in [0.5, 0.6) is 5.75 Å². The lowest BCUT2D eigenvalue weighted by molar-refractivity contribution is -0.109. The van der Waals surface area contributed by atoms with E-state index in [1.165, 1.54) is 18.3 Å². The predicted octanol–water partition coefficient (Wildman–Crippen LogP) is 3.11. The molecule has 3 rings (SSSR count). The minimum atomic E-state index is -0.476. The summed E-state index contributed by atoms with van der Waals surface area (Å²) < 4.78 is 19.2. The molecule has 1 aliphatic carbocycles. The van der Waals surface area contributed by atoms with Crippen molar-refractivity contribution in [1.29, 1.82) is 0 Å². The SMILES string of the molecule is Cc1nc(Cl)ncc1OC[C@@]1(c2cccc(F)c2)C[C@H]1C=O. The lowest BCUT2D eigenvalue weighted by Gasteiger charge is -2.18. The lowest BCUT2D eigenvalue weighted by Crippen LogP contribution is -2.21. The van der Waals surface area contributed by atoms with Gasteiger partial charge in [0.15, 0.2) is 5.75 Å². The summed E-state index contributed by atoms with van der Waals surface area (Å²) >= 11 is 5.71. The molecule has 1 aromatic carbocycles. The number of aromatic nitrogens is 2. The summed E-state index contributed by atoms with van der Waals surface area (Å²) in [4.78, 5) is 19.1. The highest BCUT2D eigenvalue weighted by Gasteiger charge is 2.56.